The van der Waals surface area contributed by atoms with Crippen molar-refractivity contribution in [2.45, 2.75) is 55.4 Å². The summed E-state index contributed by atoms with van der Waals surface area (Å²) >= 11 is 1.35. The van der Waals surface area contributed by atoms with E-state index in [1.165, 1.54) is 24.2 Å². The highest BCUT2D eigenvalue weighted by Gasteiger charge is 2.33. The average Bonchev–Trinajstić information content (AvgIpc) is 2.88. The van der Waals surface area contributed by atoms with Crippen LogP contribution in [0.2, 0.25) is 0 Å². The molecule has 1 unspecified atom stereocenters. The monoisotopic (exact) mass is 300 g/mol. The van der Waals surface area contributed by atoms with Crippen LogP contribution in [-0.2, 0) is 16.6 Å². The Balaban J connectivity index is 1.73. The Morgan fingerprint density at radius 3 is 2.84 bits per heavy atom. The third kappa shape index (κ3) is 2.86. The molecule has 0 bridgehead atoms. The Kier molecular flexibility index (Phi) is 3.68. The maximum absolute atomic E-state index is 12.5. The molecule has 1 aromatic heterocycles. The van der Waals surface area contributed by atoms with Crippen LogP contribution >= 0.6 is 11.3 Å². The number of rotatable bonds is 5. The van der Waals surface area contributed by atoms with Gasteiger partial charge in [0.25, 0.3) is 10.0 Å². The Bertz CT molecular complexity index is 549. The van der Waals surface area contributed by atoms with E-state index >= 15 is 0 Å². The first-order valence-electron chi connectivity index (χ1n) is 6.90. The van der Waals surface area contributed by atoms with Gasteiger partial charge < -0.3 is 5.32 Å². The molecule has 1 aromatic rings. The number of sulfonamides is 1. The van der Waals surface area contributed by atoms with Gasteiger partial charge in [-0.3, -0.25) is 0 Å². The Labute approximate surface area is 118 Å². The molecule has 2 fully saturated rings. The normalized spacial score (nSPS) is 25.0. The summed E-state index contributed by atoms with van der Waals surface area (Å²) in [6, 6.07) is 2.62. The SMILES string of the molecule is CC1CCCN1S(=O)(=O)c1cc(CNC2CC2)cs1. The quantitative estimate of drug-likeness (QED) is 0.906. The molecular formula is C13H20N2O2S2. The van der Waals surface area contributed by atoms with E-state index in [0.29, 0.717) is 16.8 Å². The molecule has 106 valence electrons. The van der Waals surface area contributed by atoms with Gasteiger partial charge in [0.2, 0.25) is 0 Å². The summed E-state index contributed by atoms with van der Waals surface area (Å²) in [6.07, 6.45) is 4.45. The number of thiophene rings is 1. The Morgan fingerprint density at radius 2 is 2.21 bits per heavy atom. The zero-order valence-corrected chi connectivity index (χ0v) is 12.8. The van der Waals surface area contributed by atoms with Gasteiger partial charge in [0.15, 0.2) is 0 Å². The summed E-state index contributed by atoms with van der Waals surface area (Å²) in [5.74, 6) is 0. The second-order valence-corrected chi connectivity index (χ2v) is 8.56. The fourth-order valence-electron chi connectivity index (χ4n) is 2.51. The molecule has 1 saturated carbocycles. The molecule has 1 aliphatic heterocycles. The van der Waals surface area contributed by atoms with Gasteiger partial charge >= 0.3 is 0 Å². The first-order chi connectivity index (χ1) is 9.07. The zero-order valence-electron chi connectivity index (χ0n) is 11.1. The summed E-state index contributed by atoms with van der Waals surface area (Å²) in [5.41, 5.74) is 1.09. The number of nitrogens with one attached hydrogen (secondary N) is 1. The molecule has 0 spiro atoms. The van der Waals surface area contributed by atoms with Crippen LogP contribution in [0.5, 0.6) is 0 Å². The molecule has 19 heavy (non-hydrogen) atoms. The fourth-order valence-corrected chi connectivity index (χ4v) is 5.55. The molecule has 2 aliphatic rings. The van der Waals surface area contributed by atoms with Crippen molar-refractivity contribution in [3.05, 3.63) is 17.0 Å². The van der Waals surface area contributed by atoms with Crippen LogP contribution < -0.4 is 5.32 Å². The highest BCUT2D eigenvalue weighted by molar-refractivity contribution is 7.91. The summed E-state index contributed by atoms with van der Waals surface area (Å²) in [4.78, 5) is 0. The molecule has 3 rings (SSSR count). The Morgan fingerprint density at radius 1 is 1.42 bits per heavy atom. The van der Waals surface area contributed by atoms with Crippen LogP contribution in [0.4, 0.5) is 0 Å². The first kappa shape index (κ1) is 13.5. The highest BCUT2D eigenvalue weighted by atomic mass is 32.2. The predicted octanol–water partition coefficient (Wildman–Crippen LogP) is 2.17. The van der Waals surface area contributed by atoms with E-state index in [1.54, 1.807) is 4.31 Å². The summed E-state index contributed by atoms with van der Waals surface area (Å²) < 4.78 is 27.2. The van der Waals surface area contributed by atoms with Crippen molar-refractivity contribution in [1.29, 1.82) is 0 Å². The topological polar surface area (TPSA) is 49.4 Å². The minimum atomic E-state index is -3.27. The van der Waals surface area contributed by atoms with Gasteiger partial charge in [-0.2, -0.15) is 4.31 Å². The van der Waals surface area contributed by atoms with Crippen molar-refractivity contribution in [3.63, 3.8) is 0 Å². The lowest BCUT2D eigenvalue weighted by atomic mass is 10.3. The largest absolute Gasteiger partial charge is 0.310 e. The molecule has 4 nitrogen and oxygen atoms in total. The highest BCUT2D eigenvalue weighted by Crippen LogP contribution is 2.30. The van der Waals surface area contributed by atoms with Gasteiger partial charge in [-0.25, -0.2) is 8.42 Å². The van der Waals surface area contributed by atoms with E-state index < -0.39 is 10.0 Å². The van der Waals surface area contributed by atoms with Crippen molar-refractivity contribution in [1.82, 2.24) is 9.62 Å². The zero-order chi connectivity index (χ0) is 13.5. The van der Waals surface area contributed by atoms with Gasteiger partial charge in [-0.15, -0.1) is 11.3 Å². The first-order valence-corrected chi connectivity index (χ1v) is 9.22. The molecule has 0 aromatic carbocycles. The van der Waals surface area contributed by atoms with Crippen LogP contribution in [0.1, 0.15) is 38.2 Å². The van der Waals surface area contributed by atoms with Crippen LogP contribution in [0.3, 0.4) is 0 Å². The van der Waals surface area contributed by atoms with E-state index in [2.05, 4.69) is 5.32 Å². The van der Waals surface area contributed by atoms with E-state index in [0.717, 1.165) is 24.9 Å². The maximum Gasteiger partial charge on any atom is 0.252 e. The van der Waals surface area contributed by atoms with Crippen LogP contribution in [0.15, 0.2) is 15.7 Å². The molecule has 0 radical (unpaired) electrons. The van der Waals surface area contributed by atoms with Crippen molar-refractivity contribution < 1.29 is 8.42 Å². The molecule has 6 heteroatoms. The van der Waals surface area contributed by atoms with Crippen molar-refractivity contribution >= 4 is 21.4 Å². The van der Waals surface area contributed by atoms with E-state index in [9.17, 15) is 8.42 Å². The second-order valence-electron chi connectivity index (χ2n) is 5.54. The lowest BCUT2D eigenvalue weighted by Crippen LogP contribution is -2.33. The third-order valence-electron chi connectivity index (χ3n) is 3.86. The van der Waals surface area contributed by atoms with Crippen molar-refractivity contribution in [2.24, 2.45) is 0 Å². The van der Waals surface area contributed by atoms with Gasteiger partial charge in [0.05, 0.1) is 0 Å². The van der Waals surface area contributed by atoms with Crippen molar-refractivity contribution in [3.8, 4) is 0 Å². The molecule has 1 saturated heterocycles. The van der Waals surface area contributed by atoms with Gasteiger partial charge in [-0.05, 0) is 49.6 Å². The molecule has 1 atom stereocenters. The maximum atomic E-state index is 12.5. The second kappa shape index (κ2) is 5.16. The molecule has 1 aliphatic carbocycles. The van der Waals surface area contributed by atoms with E-state index in [1.807, 2.05) is 18.4 Å². The summed E-state index contributed by atoms with van der Waals surface area (Å²) in [6.45, 7) is 3.44. The predicted molar refractivity (Wildman–Crippen MR) is 76.8 cm³/mol. The summed E-state index contributed by atoms with van der Waals surface area (Å²) in [7, 11) is -3.27. The molecule has 1 N–H and O–H groups in total. The number of hydrogen-bond acceptors (Lipinski definition) is 4. The number of hydrogen-bond donors (Lipinski definition) is 1. The van der Waals surface area contributed by atoms with Crippen LogP contribution in [0.25, 0.3) is 0 Å². The van der Waals surface area contributed by atoms with Crippen LogP contribution in [-0.4, -0.2) is 31.4 Å². The van der Waals surface area contributed by atoms with Gasteiger partial charge in [0.1, 0.15) is 4.21 Å². The third-order valence-corrected chi connectivity index (χ3v) is 7.33. The number of nitrogens with zero attached hydrogens (tertiary/aromatic N) is 1. The molecular weight excluding hydrogens is 280 g/mol. The minimum Gasteiger partial charge on any atom is -0.310 e. The average molecular weight is 300 g/mol. The van der Waals surface area contributed by atoms with E-state index in [-0.39, 0.29) is 6.04 Å². The standard InChI is InChI=1S/C13H20N2O2S2/c1-10-3-2-6-15(10)19(16,17)13-7-11(9-18-13)8-14-12-4-5-12/h7,9-10,12,14H,2-6,8H2,1H3. The van der Waals surface area contributed by atoms with E-state index in [4.69, 9.17) is 0 Å². The van der Waals surface area contributed by atoms with Gasteiger partial charge in [0, 0.05) is 25.2 Å². The Hall–Kier alpha value is -0.430. The smallest absolute Gasteiger partial charge is 0.252 e. The minimum absolute atomic E-state index is 0.139. The van der Waals surface area contributed by atoms with Crippen LogP contribution in [0, 0.1) is 0 Å². The lowest BCUT2D eigenvalue weighted by molar-refractivity contribution is 0.409. The lowest BCUT2D eigenvalue weighted by Gasteiger charge is -2.19. The van der Waals surface area contributed by atoms with Gasteiger partial charge in [-0.1, -0.05) is 0 Å². The fraction of sp³-hybridized carbons (Fsp3) is 0.692. The molecule has 0 amide bonds. The van der Waals surface area contributed by atoms with Crippen molar-refractivity contribution in [2.75, 3.05) is 6.54 Å². The molecule has 2 heterocycles. The summed E-state index contributed by atoms with van der Waals surface area (Å²) in [5, 5.41) is 5.38.